The fourth-order valence-electron chi connectivity index (χ4n) is 1.81. The van der Waals surface area contributed by atoms with Gasteiger partial charge in [0.05, 0.1) is 11.4 Å². The summed E-state index contributed by atoms with van der Waals surface area (Å²) in [4.78, 5) is 9.78. The Morgan fingerprint density at radius 2 is 1.82 bits per heavy atom. The molecule has 1 atom stereocenters. The second-order valence-electron chi connectivity index (χ2n) is 3.84. The summed E-state index contributed by atoms with van der Waals surface area (Å²) >= 11 is 0. The Labute approximate surface area is 99.7 Å². The average Bonchev–Trinajstić information content (AvgIpc) is 2.90. The third-order valence-corrected chi connectivity index (χ3v) is 2.68. The Balaban J connectivity index is 1.87. The molecule has 3 nitrogen and oxygen atoms in total. The van der Waals surface area contributed by atoms with Crippen LogP contribution < -0.4 is 5.48 Å². The molecule has 1 aromatic carbocycles. The van der Waals surface area contributed by atoms with Gasteiger partial charge in [-0.15, -0.1) is 0 Å². The number of rotatable bonds is 2. The highest BCUT2D eigenvalue weighted by molar-refractivity contribution is 5.65. The molecule has 1 aromatic heterocycles. The van der Waals surface area contributed by atoms with E-state index in [-0.39, 0.29) is 6.10 Å². The van der Waals surface area contributed by atoms with Crippen molar-refractivity contribution in [2.75, 3.05) is 0 Å². The number of pyridine rings is 1. The lowest BCUT2D eigenvalue weighted by Crippen LogP contribution is -2.08. The third-order valence-electron chi connectivity index (χ3n) is 2.68. The van der Waals surface area contributed by atoms with E-state index >= 15 is 0 Å². The number of nitrogens with zero attached hydrogens (tertiary/aromatic N) is 1. The fraction of sp³-hybridized carbons (Fsp3) is 0.0714. The molecule has 3 heteroatoms. The lowest BCUT2D eigenvalue weighted by molar-refractivity contribution is 0.0487. The van der Waals surface area contributed by atoms with Crippen LogP contribution >= 0.6 is 0 Å². The molecule has 84 valence electrons. The molecule has 0 saturated heterocycles. The molecule has 0 amide bonds. The molecule has 0 saturated carbocycles. The molecule has 2 heterocycles. The summed E-state index contributed by atoms with van der Waals surface area (Å²) in [5.41, 5.74) is 5.95. The van der Waals surface area contributed by atoms with Crippen molar-refractivity contribution in [1.29, 1.82) is 0 Å². The first-order valence-corrected chi connectivity index (χ1v) is 5.53. The van der Waals surface area contributed by atoms with E-state index in [1.54, 1.807) is 6.20 Å². The van der Waals surface area contributed by atoms with Crippen LogP contribution in [0.3, 0.4) is 0 Å². The Morgan fingerprint density at radius 3 is 2.59 bits per heavy atom. The minimum atomic E-state index is -0.119. The predicted molar refractivity (Wildman–Crippen MR) is 65.6 cm³/mol. The Morgan fingerprint density at radius 1 is 1.00 bits per heavy atom. The molecule has 1 aliphatic heterocycles. The van der Waals surface area contributed by atoms with Crippen LogP contribution in [-0.4, -0.2) is 4.98 Å². The molecule has 2 aromatic rings. The topological polar surface area (TPSA) is 34.1 Å². The number of benzene rings is 1. The molecular weight excluding hydrogens is 212 g/mol. The Kier molecular flexibility index (Phi) is 2.60. The highest BCUT2D eigenvalue weighted by Crippen LogP contribution is 2.26. The van der Waals surface area contributed by atoms with Gasteiger partial charge in [-0.25, -0.2) is 0 Å². The summed E-state index contributed by atoms with van der Waals surface area (Å²) in [6, 6.07) is 15.9. The van der Waals surface area contributed by atoms with Gasteiger partial charge in [0.25, 0.3) is 0 Å². The minimum Gasteiger partial charge on any atom is -0.266 e. The molecule has 1 aliphatic rings. The highest BCUT2D eigenvalue weighted by atomic mass is 16.7. The van der Waals surface area contributed by atoms with Crippen molar-refractivity contribution >= 4 is 5.70 Å². The highest BCUT2D eigenvalue weighted by Gasteiger charge is 2.19. The van der Waals surface area contributed by atoms with Crippen molar-refractivity contribution in [2.45, 2.75) is 6.10 Å². The maximum absolute atomic E-state index is 5.50. The average molecular weight is 224 g/mol. The van der Waals surface area contributed by atoms with Gasteiger partial charge in [0.1, 0.15) is 6.10 Å². The molecule has 17 heavy (non-hydrogen) atoms. The van der Waals surface area contributed by atoms with Crippen LogP contribution in [0, 0.1) is 0 Å². The zero-order valence-corrected chi connectivity index (χ0v) is 9.21. The quantitative estimate of drug-likeness (QED) is 0.851. The maximum Gasteiger partial charge on any atom is 0.148 e. The van der Waals surface area contributed by atoms with Gasteiger partial charge in [-0.1, -0.05) is 36.4 Å². The van der Waals surface area contributed by atoms with Gasteiger partial charge in [-0.05, 0) is 23.8 Å². The number of nitrogens with one attached hydrogen (secondary N) is 1. The van der Waals surface area contributed by atoms with Crippen LogP contribution in [-0.2, 0) is 4.84 Å². The fourth-order valence-corrected chi connectivity index (χ4v) is 1.81. The second-order valence-corrected chi connectivity index (χ2v) is 3.84. The van der Waals surface area contributed by atoms with E-state index in [0.29, 0.717) is 0 Å². The minimum absolute atomic E-state index is 0.119. The molecule has 0 bridgehead atoms. The van der Waals surface area contributed by atoms with E-state index in [1.807, 2.05) is 54.6 Å². The molecule has 0 radical (unpaired) electrons. The molecule has 0 spiro atoms. The van der Waals surface area contributed by atoms with Gasteiger partial charge in [0.15, 0.2) is 0 Å². The van der Waals surface area contributed by atoms with Crippen LogP contribution in [0.5, 0.6) is 0 Å². The molecule has 0 aliphatic carbocycles. The van der Waals surface area contributed by atoms with Crippen LogP contribution in [0.4, 0.5) is 0 Å². The van der Waals surface area contributed by atoms with Gasteiger partial charge in [0.2, 0.25) is 0 Å². The van der Waals surface area contributed by atoms with Crippen molar-refractivity contribution in [1.82, 2.24) is 10.5 Å². The number of hydrogen-bond acceptors (Lipinski definition) is 3. The summed E-state index contributed by atoms with van der Waals surface area (Å²) in [6.07, 6.45) is 3.69. The Hall–Kier alpha value is -2.13. The standard InChI is InChI=1S/C14H12N2O/c1-2-6-11(7-3-1)13-10-14(17-16-13)12-8-4-5-9-15-12/h1-10,14,16H. The van der Waals surface area contributed by atoms with Crippen molar-refractivity contribution < 1.29 is 4.84 Å². The number of aromatic nitrogens is 1. The van der Waals surface area contributed by atoms with Gasteiger partial charge in [0, 0.05) is 6.20 Å². The summed E-state index contributed by atoms with van der Waals surface area (Å²) in [7, 11) is 0. The maximum atomic E-state index is 5.50. The van der Waals surface area contributed by atoms with Crippen LogP contribution in [0.1, 0.15) is 17.4 Å². The number of hydroxylamine groups is 1. The Bertz CT molecular complexity index is 522. The summed E-state index contributed by atoms with van der Waals surface area (Å²) < 4.78 is 0. The lowest BCUT2D eigenvalue weighted by Gasteiger charge is -2.05. The first-order valence-electron chi connectivity index (χ1n) is 5.53. The van der Waals surface area contributed by atoms with Gasteiger partial charge in [-0.3, -0.25) is 15.3 Å². The van der Waals surface area contributed by atoms with E-state index in [1.165, 1.54) is 0 Å². The SMILES string of the molecule is C1=C(c2ccccc2)NOC1c1ccccn1. The van der Waals surface area contributed by atoms with E-state index in [0.717, 1.165) is 17.0 Å². The first kappa shape index (κ1) is 10.1. The molecule has 0 fully saturated rings. The number of hydrogen-bond donors (Lipinski definition) is 1. The van der Waals surface area contributed by atoms with Crippen LogP contribution in [0.2, 0.25) is 0 Å². The summed E-state index contributed by atoms with van der Waals surface area (Å²) in [6.45, 7) is 0. The van der Waals surface area contributed by atoms with Gasteiger partial charge < -0.3 is 0 Å². The van der Waals surface area contributed by atoms with Crippen molar-refractivity contribution in [3.05, 3.63) is 72.1 Å². The first-order chi connectivity index (χ1) is 8.43. The molecule has 1 N–H and O–H groups in total. The summed E-state index contributed by atoms with van der Waals surface area (Å²) in [5, 5.41) is 0. The van der Waals surface area contributed by atoms with Gasteiger partial charge in [-0.2, -0.15) is 0 Å². The predicted octanol–water partition coefficient (Wildman–Crippen LogP) is 2.70. The normalized spacial score (nSPS) is 18.6. The molecular formula is C14H12N2O. The zero-order chi connectivity index (χ0) is 11.5. The van der Waals surface area contributed by atoms with E-state index in [4.69, 9.17) is 4.84 Å². The molecule has 1 unspecified atom stereocenters. The van der Waals surface area contributed by atoms with Gasteiger partial charge >= 0.3 is 0 Å². The second kappa shape index (κ2) is 4.39. The van der Waals surface area contributed by atoms with Crippen molar-refractivity contribution in [3.63, 3.8) is 0 Å². The third kappa shape index (κ3) is 2.05. The lowest BCUT2D eigenvalue weighted by atomic mass is 10.1. The smallest absolute Gasteiger partial charge is 0.148 e. The summed E-state index contributed by atoms with van der Waals surface area (Å²) in [5.74, 6) is 0. The van der Waals surface area contributed by atoms with Crippen LogP contribution in [0.25, 0.3) is 5.70 Å². The van der Waals surface area contributed by atoms with E-state index in [2.05, 4.69) is 10.5 Å². The van der Waals surface area contributed by atoms with E-state index < -0.39 is 0 Å². The van der Waals surface area contributed by atoms with Crippen molar-refractivity contribution in [2.24, 2.45) is 0 Å². The zero-order valence-electron chi connectivity index (χ0n) is 9.21. The monoisotopic (exact) mass is 224 g/mol. The van der Waals surface area contributed by atoms with Crippen LogP contribution in [0.15, 0.2) is 60.8 Å². The van der Waals surface area contributed by atoms with Crippen molar-refractivity contribution in [3.8, 4) is 0 Å². The largest absolute Gasteiger partial charge is 0.266 e. The molecule has 3 rings (SSSR count). The van der Waals surface area contributed by atoms with E-state index in [9.17, 15) is 0 Å².